The maximum Gasteiger partial charge on any atom is 0.134 e. The smallest absolute Gasteiger partial charge is 0.134 e. The van der Waals surface area contributed by atoms with Crippen LogP contribution in [0.25, 0.3) is 11.0 Å². The second-order valence-corrected chi connectivity index (χ2v) is 4.44. The van der Waals surface area contributed by atoms with Crippen LogP contribution in [0, 0.1) is 0 Å². The second-order valence-electron chi connectivity index (χ2n) is 4.00. The topological polar surface area (TPSA) is 22.4 Å². The molecule has 0 spiro atoms. The fourth-order valence-electron chi connectivity index (χ4n) is 1.84. The van der Waals surface area contributed by atoms with Crippen LogP contribution >= 0.6 is 11.6 Å². The average molecular weight is 259 g/mol. The molecule has 3 aromatic rings. The highest BCUT2D eigenvalue weighted by molar-refractivity contribution is 6.30. The van der Waals surface area contributed by atoms with Crippen LogP contribution < -0.4 is 4.74 Å². The molecule has 0 aliphatic carbocycles. The normalized spacial score (nSPS) is 10.7. The Hall–Kier alpha value is -1.93. The molecule has 0 aliphatic heterocycles. The largest absolute Gasteiger partial charge is 0.489 e. The van der Waals surface area contributed by atoms with Gasteiger partial charge in [0.05, 0.1) is 6.26 Å². The van der Waals surface area contributed by atoms with Gasteiger partial charge in [0.15, 0.2) is 0 Å². The molecule has 18 heavy (non-hydrogen) atoms. The van der Waals surface area contributed by atoms with Crippen molar-refractivity contribution >= 4 is 22.6 Å². The van der Waals surface area contributed by atoms with Gasteiger partial charge >= 0.3 is 0 Å². The third-order valence-corrected chi connectivity index (χ3v) is 3.02. The molecule has 3 heteroatoms. The van der Waals surface area contributed by atoms with E-state index in [1.165, 1.54) is 0 Å². The molecule has 1 heterocycles. The van der Waals surface area contributed by atoms with Crippen molar-refractivity contribution in [3.05, 3.63) is 65.4 Å². The first-order valence-corrected chi connectivity index (χ1v) is 6.04. The molecule has 0 radical (unpaired) electrons. The van der Waals surface area contributed by atoms with E-state index in [1.807, 2.05) is 48.5 Å². The maximum absolute atomic E-state index is 5.82. The number of hydrogen-bond donors (Lipinski definition) is 0. The Bertz CT molecular complexity index is 656. The Balaban J connectivity index is 1.79. The number of ether oxygens (including phenoxy) is 1. The van der Waals surface area contributed by atoms with Crippen LogP contribution in [0.3, 0.4) is 0 Å². The molecule has 1 aromatic heterocycles. The number of fused-ring (bicyclic) bond motifs is 1. The summed E-state index contributed by atoms with van der Waals surface area (Å²) in [4.78, 5) is 0. The molecule has 0 saturated carbocycles. The lowest BCUT2D eigenvalue weighted by molar-refractivity contribution is 0.306. The van der Waals surface area contributed by atoms with Gasteiger partial charge in [-0.25, -0.2) is 0 Å². The molecule has 2 nitrogen and oxygen atoms in total. The van der Waals surface area contributed by atoms with Crippen LogP contribution in [0.15, 0.2) is 59.2 Å². The number of benzene rings is 2. The summed E-state index contributed by atoms with van der Waals surface area (Å²) in [5, 5.41) is 1.79. The Morgan fingerprint density at radius 3 is 2.61 bits per heavy atom. The summed E-state index contributed by atoms with van der Waals surface area (Å²) in [5.74, 6) is 0.796. The highest BCUT2D eigenvalue weighted by atomic mass is 35.5. The molecule has 0 aliphatic rings. The Morgan fingerprint density at radius 1 is 1.00 bits per heavy atom. The van der Waals surface area contributed by atoms with E-state index in [9.17, 15) is 0 Å². The molecular weight excluding hydrogens is 248 g/mol. The zero-order chi connectivity index (χ0) is 12.4. The second kappa shape index (κ2) is 4.75. The number of rotatable bonds is 3. The summed E-state index contributed by atoms with van der Waals surface area (Å²) in [6.07, 6.45) is 1.74. The monoisotopic (exact) mass is 258 g/mol. The van der Waals surface area contributed by atoms with Crippen LogP contribution in [0.2, 0.25) is 5.02 Å². The molecule has 2 aromatic carbocycles. The number of furan rings is 1. The van der Waals surface area contributed by atoms with Crippen molar-refractivity contribution in [1.29, 1.82) is 0 Å². The van der Waals surface area contributed by atoms with E-state index in [1.54, 1.807) is 6.26 Å². The molecule has 0 bridgehead atoms. The lowest BCUT2D eigenvalue weighted by Gasteiger charge is -2.04. The first kappa shape index (κ1) is 11.2. The minimum Gasteiger partial charge on any atom is -0.489 e. The number of hydrogen-bond acceptors (Lipinski definition) is 2. The van der Waals surface area contributed by atoms with E-state index in [0.29, 0.717) is 11.6 Å². The van der Waals surface area contributed by atoms with Crippen molar-refractivity contribution < 1.29 is 9.15 Å². The lowest BCUT2D eigenvalue weighted by atomic mass is 10.2. The zero-order valence-electron chi connectivity index (χ0n) is 9.60. The van der Waals surface area contributed by atoms with Crippen LogP contribution in [-0.4, -0.2) is 0 Å². The third kappa shape index (κ3) is 2.20. The summed E-state index contributed by atoms with van der Waals surface area (Å²) in [7, 11) is 0. The van der Waals surface area contributed by atoms with Gasteiger partial charge in [-0.05, 0) is 30.3 Å². The molecule has 0 amide bonds. The van der Waals surface area contributed by atoms with Crippen molar-refractivity contribution in [2.45, 2.75) is 6.61 Å². The van der Waals surface area contributed by atoms with Gasteiger partial charge in [-0.3, -0.25) is 0 Å². The van der Waals surface area contributed by atoms with Gasteiger partial charge in [0.1, 0.15) is 17.9 Å². The molecular formula is C15H11ClO2. The highest BCUT2D eigenvalue weighted by Crippen LogP contribution is 2.23. The predicted octanol–water partition coefficient (Wildman–Crippen LogP) is 4.67. The summed E-state index contributed by atoms with van der Waals surface area (Å²) in [6, 6.07) is 15.2. The maximum atomic E-state index is 5.82. The predicted molar refractivity (Wildman–Crippen MR) is 72.0 cm³/mol. The van der Waals surface area contributed by atoms with Gasteiger partial charge in [-0.15, -0.1) is 0 Å². The minimum atomic E-state index is 0.485. The Kier molecular flexibility index (Phi) is 2.95. The van der Waals surface area contributed by atoms with Crippen LogP contribution in [0.4, 0.5) is 0 Å². The standard InChI is InChI=1S/C15H11ClO2/c16-12-5-7-13(8-6-12)17-9-11-10-18-15-4-2-1-3-14(11)15/h1-8,10H,9H2. The van der Waals surface area contributed by atoms with Crippen molar-refractivity contribution in [2.75, 3.05) is 0 Å². The zero-order valence-corrected chi connectivity index (χ0v) is 10.4. The molecule has 90 valence electrons. The van der Waals surface area contributed by atoms with Crippen molar-refractivity contribution in [3.63, 3.8) is 0 Å². The van der Waals surface area contributed by atoms with Crippen LogP contribution in [0.1, 0.15) is 5.56 Å². The van der Waals surface area contributed by atoms with Crippen molar-refractivity contribution in [2.24, 2.45) is 0 Å². The van der Waals surface area contributed by atoms with E-state index < -0.39 is 0 Å². The van der Waals surface area contributed by atoms with Gasteiger partial charge in [-0.1, -0.05) is 29.8 Å². The van der Waals surface area contributed by atoms with E-state index in [2.05, 4.69) is 0 Å². The lowest BCUT2D eigenvalue weighted by Crippen LogP contribution is -1.93. The van der Waals surface area contributed by atoms with Gasteiger partial charge in [0, 0.05) is 16.0 Å². The Labute approximate surface area is 110 Å². The molecule has 3 rings (SSSR count). The first-order chi connectivity index (χ1) is 8.83. The summed E-state index contributed by atoms with van der Waals surface area (Å²) in [5.41, 5.74) is 1.92. The highest BCUT2D eigenvalue weighted by Gasteiger charge is 2.05. The SMILES string of the molecule is Clc1ccc(OCc2coc3ccccc23)cc1. The van der Waals surface area contributed by atoms with E-state index in [4.69, 9.17) is 20.8 Å². The van der Waals surface area contributed by atoms with Gasteiger partial charge in [-0.2, -0.15) is 0 Å². The molecule has 0 fully saturated rings. The fourth-order valence-corrected chi connectivity index (χ4v) is 1.96. The van der Waals surface area contributed by atoms with Crippen molar-refractivity contribution in [1.82, 2.24) is 0 Å². The third-order valence-electron chi connectivity index (χ3n) is 2.77. The van der Waals surface area contributed by atoms with E-state index in [0.717, 1.165) is 22.3 Å². The van der Waals surface area contributed by atoms with E-state index in [-0.39, 0.29) is 0 Å². The molecule has 0 saturated heterocycles. The minimum absolute atomic E-state index is 0.485. The van der Waals surface area contributed by atoms with Gasteiger partial charge in [0.25, 0.3) is 0 Å². The number of para-hydroxylation sites is 1. The first-order valence-electron chi connectivity index (χ1n) is 5.66. The van der Waals surface area contributed by atoms with E-state index >= 15 is 0 Å². The average Bonchev–Trinajstić information content (AvgIpc) is 2.82. The fraction of sp³-hybridized carbons (Fsp3) is 0.0667. The summed E-state index contributed by atoms with van der Waals surface area (Å²) in [6.45, 7) is 0.485. The molecule has 0 N–H and O–H groups in total. The quantitative estimate of drug-likeness (QED) is 0.681. The molecule has 0 atom stereocenters. The molecule has 0 unspecified atom stereocenters. The van der Waals surface area contributed by atoms with Gasteiger partial charge < -0.3 is 9.15 Å². The van der Waals surface area contributed by atoms with Crippen molar-refractivity contribution in [3.8, 4) is 5.75 Å². The van der Waals surface area contributed by atoms with Crippen LogP contribution in [-0.2, 0) is 6.61 Å². The van der Waals surface area contributed by atoms with Gasteiger partial charge in [0.2, 0.25) is 0 Å². The number of halogens is 1. The van der Waals surface area contributed by atoms with Crippen LogP contribution in [0.5, 0.6) is 5.75 Å². The Morgan fingerprint density at radius 2 is 1.78 bits per heavy atom. The summed E-state index contributed by atoms with van der Waals surface area (Å²) < 4.78 is 11.2. The summed E-state index contributed by atoms with van der Waals surface area (Å²) >= 11 is 5.82.